The molecule has 1 N–H and O–H groups in total. The highest BCUT2D eigenvalue weighted by molar-refractivity contribution is 5.79. The fraction of sp³-hybridized carbons (Fsp3) is 0.952. The van der Waals surface area contributed by atoms with E-state index in [0.29, 0.717) is 18.3 Å². The molecule has 130 valence electrons. The minimum atomic E-state index is 0.233. The first kappa shape index (κ1) is 16.1. The summed E-state index contributed by atoms with van der Waals surface area (Å²) in [5.41, 5.74) is 0.488. The van der Waals surface area contributed by atoms with Crippen molar-refractivity contribution in [3.63, 3.8) is 0 Å². The van der Waals surface area contributed by atoms with E-state index in [2.05, 4.69) is 6.92 Å². The van der Waals surface area contributed by atoms with Gasteiger partial charge in [-0.1, -0.05) is 19.8 Å². The zero-order valence-corrected chi connectivity index (χ0v) is 15.0. The van der Waals surface area contributed by atoms with Gasteiger partial charge in [0, 0.05) is 12.5 Å². The molecule has 7 atom stereocenters. The summed E-state index contributed by atoms with van der Waals surface area (Å²) in [6.07, 6.45) is 12.9. The Balaban J connectivity index is 1.65. The summed E-state index contributed by atoms with van der Waals surface area (Å²) in [6, 6.07) is 0. The third-order valence-electron chi connectivity index (χ3n) is 9.07. The number of hydrogen-bond acceptors (Lipinski definition) is 2. The minimum Gasteiger partial charge on any atom is -0.396 e. The molecule has 0 saturated heterocycles. The van der Waals surface area contributed by atoms with Crippen LogP contribution in [0.5, 0.6) is 0 Å². The minimum absolute atomic E-state index is 0.233. The van der Waals surface area contributed by atoms with E-state index in [-0.39, 0.29) is 10.8 Å². The number of ketones is 1. The molecule has 0 radical (unpaired) electrons. The van der Waals surface area contributed by atoms with E-state index in [0.717, 1.165) is 30.1 Å². The smallest absolute Gasteiger partial charge is 0.133 e. The van der Waals surface area contributed by atoms with Crippen LogP contribution in [0, 0.1) is 40.4 Å². The lowest BCUT2D eigenvalue weighted by Crippen LogP contribution is -2.55. The van der Waals surface area contributed by atoms with Gasteiger partial charge in [-0.2, -0.15) is 0 Å². The lowest BCUT2D eigenvalue weighted by Gasteiger charge is -2.61. The molecule has 0 aromatic carbocycles. The average molecular weight is 319 g/mol. The summed E-state index contributed by atoms with van der Waals surface area (Å²) in [6.45, 7) is 4.65. The Morgan fingerprint density at radius 1 is 1.00 bits per heavy atom. The van der Waals surface area contributed by atoms with Crippen LogP contribution in [0.2, 0.25) is 0 Å². The van der Waals surface area contributed by atoms with E-state index in [1.54, 1.807) is 0 Å². The third-order valence-corrected chi connectivity index (χ3v) is 9.07. The summed E-state index contributed by atoms with van der Waals surface area (Å²) in [4.78, 5) is 12.2. The molecule has 0 heterocycles. The molecule has 23 heavy (non-hydrogen) atoms. The molecule has 0 aliphatic heterocycles. The second-order valence-corrected chi connectivity index (χ2v) is 9.57. The third kappa shape index (κ3) is 2.12. The van der Waals surface area contributed by atoms with Gasteiger partial charge in [0.25, 0.3) is 0 Å². The Morgan fingerprint density at radius 2 is 1.83 bits per heavy atom. The van der Waals surface area contributed by atoms with Crippen molar-refractivity contribution in [2.45, 2.75) is 78.1 Å². The van der Waals surface area contributed by atoms with Crippen molar-refractivity contribution in [2.24, 2.45) is 40.4 Å². The first-order valence-corrected chi connectivity index (χ1v) is 10.1. The lowest BCUT2D eigenvalue weighted by atomic mass is 9.44. The van der Waals surface area contributed by atoms with Gasteiger partial charge in [-0.15, -0.1) is 0 Å². The Labute approximate surface area is 141 Å². The van der Waals surface area contributed by atoms with Crippen molar-refractivity contribution in [1.82, 2.24) is 0 Å². The lowest BCUT2D eigenvalue weighted by molar-refractivity contribution is -0.145. The number of rotatable bonds is 2. The molecule has 0 aromatic rings. The SMILES string of the molecule is CC(=O)C1CC[C@H]2C3CC[C@H]4CCCCC4(CO)[C@H]3CCC12C. The van der Waals surface area contributed by atoms with Gasteiger partial charge in [0.1, 0.15) is 5.78 Å². The van der Waals surface area contributed by atoms with Gasteiger partial charge in [-0.3, -0.25) is 4.79 Å². The molecule has 4 aliphatic carbocycles. The highest BCUT2D eigenvalue weighted by Crippen LogP contribution is 2.67. The van der Waals surface area contributed by atoms with Crippen LogP contribution in [0.4, 0.5) is 0 Å². The van der Waals surface area contributed by atoms with Crippen molar-refractivity contribution in [3.8, 4) is 0 Å². The average Bonchev–Trinajstić information content (AvgIpc) is 2.91. The van der Waals surface area contributed by atoms with Gasteiger partial charge >= 0.3 is 0 Å². The molecular formula is C21H34O2. The Morgan fingerprint density at radius 3 is 2.57 bits per heavy atom. The monoisotopic (exact) mass is 318 g/mol. The number of aliphatic hydroxyl groups is 1. The van der Waals surface area contributed by atoms with Crippen molar-refractivity contribution < 1.29 is 9.90 Å². The van der Waals surface area contributed by atoms with Crippen LogP contribution in [0.3, 0.4) is 0 Å². The quantitative estimate of drug-likeness (QED) is 0.808. The molecule has 2 nitrogen and oxygen atoms in total. The summed E-state index contributed by atoms with van der Waals surface area (Å²) in [5, 5.41) is 10.4. The number of Topliss-reactive ketones (excluding diaryl/α,β-unsaturated/α-hetero) is 1. The van der Waals surface area contributed by atoms with Crippen LogP contribution < -0.4 is 0 Å². The van der Waals surface area contributed by atoms with Crippen LogP contribution in [-0.4, -0.2) is 17.5 Å². The molecule has 0 aromatic heterocycles. The number of hydrogen-bond donors (Lipinski definition) is 1. The number of carbonyl (C=O) groups excluding carboxylic acids is 1. The number of fused-ring (bicyclic) bond motifs is 5. The zero-order chi connectivity index (χ0) is 16.2. The topological polar surface area (TPSA) is 37.3 Å². The van der Waals surface area contributed by atoms with Gasteiger partial charge in [-0.25, -0.2) is 0 Å². The molecule has 4 aliphatic rings. The van der Waals surface area contributed by atoms with Crippen molar-refractivity contribution in [2.75, 3.05) is 6.61 Å². The Bertz CT molecular complexity index is 486. The zero-order valence-electron chi connectivity index (χ0n) is 15.0. The van der Waals surface area contributed by atoms with Gasteiger partial charge in [-0.05, 0) is 92.8 Å². The maximum absolute atomic E-state index is 12.2. The highest BCUT2D eigenvalue weighted by atomic mass is 16.3. The standard InChI is InChI=1S/C21H34O2/c1-14(23)17-8-9-18-16-7-6-15-5-3-4-11-21(15,13-22)19(16)10-12-20(17,18)2/h15-19,22H,3-13H2,1-2H3/t15-,16?,17?,18+,19+,20?,21?/m1/s1. The van der Waals surface area contributed by atoms with Crippen molar-refractivity contribution >= 4 is 5.78 Å². The van der Waals surface area contributed by atoms with Gasteiger partial charge in [0.05, 0.1) is 0 Å². The molecule has 4 rings (SSSR count). The summed E-state index contributed by atoms with van der Waals surface area (Å²) in [7, 11) is 0. The van der Waals surface area contributed by atoms with E-state index >= 15 is 0 Å². The largest absolute Gasteiger partial charge is 0.396 e. The predicted molar refractivity (Wildman–Crippen MR) is 91.9 cm³/mol. The van der Waals surface area contributed by atoms with Crippen LogP contribution in [0.15, 0.2) is 0 Å². The molecule has 4 unspecified atom stereocenters. The van der Waals surface area contributed by atoms with E-state index < -0.39 is 0 Å². The molecule has 2 heteroatoms. The fourth-order valence-corrected chi connectivity index (χ4v) is 8.05. The van der Waals surface area contributed by atoms with Crippen LogP contribution in [-0.2, 0) is 4.79 Å². The van der Waals surface area contributed by atoms with Gasteiger partial charge in [0.2, 0.25) is 0 Å². The molecule has 0 bridgehead atoms. The van der Waals surface area contributed by atoms with E-state index in [9.17, 15) is 9.90 Å². The first-order chi connectivity index (χ1) is 11.0. The van der Waals surface area contributed by atoms with Gasteiger partial charge in [0.15, 0.2) is 0 Å². The fourth-order valence-electron chi connectivity index (χ4n) is 8.05. The molecule has 0 spiro atoms. The Hall–Kier alpha value is -0.370. The van der Waals surface area contributed by atoms with E-state index in [4.69, 9.17) is 0 Å². The highest BCUT2D eigenvalue weighted by Gasteiger charge is 2.61. The maximum atomic E-state index is 12.2. The molecule has 4 fully saturated rings. The van der Waals surface area contributed by atoms with Crippen LogP contribution in [0.25, 0.3) is 0 Å². The maximum Gasteiger partial charge on any atom is 0.133 e. The second-order valence-electron chi connectivity index (χ2n) is 9.57. The van der Waals surface area contributed by atoms with Crippen molar-refractivity contribution in [3.05, 3.63) is 0 Å². The molecular weight excluding hydrogens is 284 g/mol. The van der Waals surface area contributed by atoms with Gasteiger partial charge < -0.3 is 5.11 Å². The van der Waals surface area contributed by atoms with Crippen molar-refractivity contribution in [1.29, 1.82) is 0 Å². The van der Waals surface area contributed by atoms with E-state index in [1.807, 2.05) is 6.92 Å². The second kappa shape index (κ2) is 5.58. The van der Waals surface area contributed by atoms with Crippen LogP contribution in [0.1, 0.15) is 78.1 Å². The summed E-state index contributed by atoms with van der Waals surface area (Å²) < 4.78 is 0. The Kier molecular flexibility index (Phi) is 3.91. The first-order valence-electron chi connectivity index (χ1n) is 10.1. The summed E-state index contributed by atoms with van der Waals surface area (Å²) in [5.74, 6) is 3.76. The van der Waals surface area contributed by atoms with Crippen LogP contribution >= 0.6 is 0 Å². The summed E-state index contributed by atoms with van der Waals surface area (Å²) >= 11 is 0. The molecule has 0 amide bonds. The van der Waals surface area contributed by atoms with E-state index in [1.165, 1.54) is 57.8 Å². The number of aliphatic hydroxyl groups excluding tert-OH is 1. The number of carbonyl (C=O) groups is 1. The molecule has 4 saturated carbocycles. The normalized spacial score (nSPS) is 52.4. The predicted octanol–water partition coefficient (Wildman–Crippen LogP) is 4.60.